The molecule has 0 bridgehead atoms. The summed E-state index contributed by atoms with van der Waals surface area (Å²) in [5.74, 6) is 1.07. The first-order valence-corrected chi connectivity index (χ1v) is 10.9. The summed E-state index contributed by atoms with van der Waals surface area (Å²) in [4.78, 5) is 4.37. The van der Waals surface area contributed by atoms with Gasteiger partial charge < -0.3 is 14.4 Å². The molecule has 0 spiro atoms. The molecule has 0 radical (unpaired) electrons. The molecule has 1 N–H and O–H groups in total. The van der Waals surface area contributed by atoms with Crippen LogP contribution in [0.1, 0.15) is 31.5 Å². The summed E-state index contributed by atoms with van der Waals surface area (Å²) < 4.78 is 7.76. The third-order valence-electron chi connectivity index (χ3n) is 3.20. The number of hydrogen-bond acceptors (Lipinski definition) is 3. The molecule has 1 aromatic rings. The van der Waals surface area contributed by atoms with Gasteiger partial charge in [0.15, 0.2) is 0 Å². The molecule has 1 unspecified atom stereocenters. The van der Waals surface area contributed by atoms with Gasteiger partial charge in [0.25, 0.3) is 0 Å². The fraction of sp³-hybridized carbons (Fsp3) is 0.786. The van der Waals surface area contributed by atoms with Crippen molar-refractivity contribution < 1.29 is 9.84 Å². The van der Waals surface area contributed by atoms with Crippen molar-refractivity contribution in [1.82, 2.24) is 9.55 Å². The Bertz CT molecular complexity index is 361. The number of aliphatic hydroxyl groups is 1. The molecule has 0 aromatic carbocycles. The van der Waals surface area contributed by atoms with E-state index in [0.29, 0.717) is 6.73 Å². The van der Waals surface area contributed by atoms with Gasteiger partial charge in [-0.25, -0.2) is 4.98 Å². The molecule has 1 atom stereocenters. The Morgan fingerprint density at radius 1 is 1.42 bits per heavy atom. The van der Waals surface area contributed by atoms with Crippen molar-refractivity contribution in [3.63, 3.8) is 0 Å². The number of nitrogens with zero attached hydrogens (tertiary/aromatic N) is 2. The number of hydrogen-bond donors (Lipinski definition) is 1. The highest BCUT2D eigenvalue weighted by molar-refractivity contribution is 6.76. The predicted molar refractivity (Wildman–Crippen MR) is 81.1 cm³/mol. The molecule has 110 valence electrons. The third kappa shape index (κ3) is 5.89. The smallest absolute Gasteiger partial charge is 0.123 e. The third-order valence-corrected chi connectivity index (χ3v) is 4.90. The van der Waals surface area contributed by atoms with Gasteiger partial charge >= 0.3 is 0 Å². The van der Waals surface area contributed by atoms with Crippen molar-refractivity contribution in [2.75, 3.05) is 13.2 Å². The van der Waals surface area contributed by atoms with E-state index in [0.717, 1.165) is 25.3 Å². The maximum absolute atomic E-state index is 9.44. The summed E-state index contributed by atoms with van der Waals surface area (Å²) in [7, 11) is -1.02. The second-order valence-electron chi connectivity index (χ2n) is 6.27. The Morgan fingerprint density at radius 2 is 2.16 bits per heavy atom. The van der Waals surface area contributed by atoms with E-state index in [-0.39, 0.29) is 12.5 Å². The van der Waals surface area contributed by atoms with Crippen molar-refractivity contribution in [2.24, 2.45) is 0 Å². The first kappa shape index (κ1) is 16.4. The fourth-order valence-corrected chi connectivity index (χ4v) is 2.74. The lowest BCUT2D eigenvalue weighted by molar-refractivity contribution is 0.0829. The van der Waals surface area contributed by atoms with E-state index in [1.165, 1.54) is 6.04 Å². The maximum atomic E-state index is 9.44. The molecule has 0 aliphatic carbocycles. The summed E-state index contributed by atoms with van der Waals surface area (Å²) in [5.41, 5.74) is 0. The minimum atomic E-state index is -1.02. The molecular formula is C14H28N2O2Si. The van der Waals surface area contributed by atoms with Gasteiger partial charge in [-0.15, -0.1) is 0 Å². The average molecular weight is 284 g/mol. The van der Waals surface area contributed by atoms with Crippen LogP contribution in [0.2, 0.25) is 25.7 Å². The molecule has 0 aliphatic heterocycles. The highest BCUT2D eigenvalue weighted by Crippen LogP contribution is 2.19. The molecule has 1 rings (SSSR count). The van der Waals surface area contributed by atoms with Gasteiger partial charge in [0, 0.05) is 33.0 Å². The summed E-state index contributed by atoms with van der Waals surface area (Å²) in [5, 5.41) is 9.44. The number of ether oxygens (including phenoxy) is 1. The monoisotopic (exact) mass is 284 g/mol. The summed E-state index contributed by atoms with van der Waals surface area (Å²) in [6.45, 7) is 10.7. The zero-order valence-corrected chi connectivity index (χ0v) is 13.7. The van der Waals surface area contributed by atoms with Crippen molar-refractivity contribution in [1.29, 1.82) is 0 Å². The van der Waals surface area contributed by atoms with Crippen LogP contribution in [-0.4, -0.2) is 35.9 Å². The van der Waals surface area contributed by atoms with Crippen molar-refractivity contribution in [2.45, 2.75) is 58.1 Å². The molecule has 4 nitrogen and oxygen atoms in total. The summed E-state index contributed by atoms with van der Waals surface area (Å²) in [6, 6.07) is 1.18. The van der Waals surface area contributed by atoms with Crippen LogP contribution in [0, 0.1) is 0 Å². The second kappa shape index (κ2) is 7.82. The molecule has 5 heteroatoms. The van der Waals surface area contributed by atoms with Crippen molar-refractivity contribution >= 4 is 8.07 Å². The quantitative estimate of drug-likeness (QED) is 0.560. The maximum Gasteiger partial charge on any atom is 0.123 e. The Kier molecular flexibility index (Phi) is 6.75. The van der Waals surface area contributed by atoms with Gasteiger partial charge in [-0.05, 0) is 12.5 Å². The SMILES string of the molecule is CCCC(CO)c1nccn1COCC[Si](C)(C)C. The van der Waals surface area contributed by atoms with Gasteiger partial charge in [-0.2, -0.15) is 0 Å². The van der Waals surface area contributed by atoms with Crippen LogP contribution in [-0.2, 0) is 11.5 Å². The Hall–Kier alpha value is -0.653. The molecule has 1 heterocycles. The van der Waals surface area contributed by atoms with Crippen LogP contribution in [0.3, 0.4) is 0 Å². The van der Waals surface area contributed by atoms with E-state index in [9.17, 15) is 5.11 Å². The zero-order chi connectivity index (χ0) is 14.3. The van der Waals surface area contributed by atoms with Crippen LogP contribution in [0.25, 0.3) is 0 Å². The zero-order valence-electron chi connectivity index (χ0n) is 12.7. The largest absolute Gasteiger partial charge is 0.396 e. The molecule has 0 saturated carbocycles. The predicted octanol–water partition coefficient (Wildman–Crippen LogP) is 3.07. The fourth-order valence-electron chi connectivity index (χ4n) is 1.98. The highest BCUT2D eigenvalue weighted by atomic mass is 28.3. The minimum absolute atomic E-state index is 0.126. The number of aromatic nitrogens is 2. The molecule has 19 heavy (non-hydrogen) atoms. The van der Waals surface area contributed by atoms with Gasteiger partial charge in [0.1, 0.15) is 12.6 Å². The Labute approximate surface area is 117 Å². The average Bonchev–Trinajstić information content (AvgIpc) is 2.78. The van der Waals surface area contributed by atoms with Crippen LogP contribution >= 0.6 is 0 Å². The van der Waals surface area contributed by atoms with E-state index < -0.39 is 8.07 Å². The standard InChI is InChI=1S/C14H28N2O2Si/c1-5-6-13(11-17)14-15-7-8-16(14)12-18-9-10-19(2,3)4/h7-8,13,17H,5-6,9-12H2,1-4H3. The van der Waals surface area contributed by atoms with Gasteiger partial charge in [0.05, 0.1) is 6.61 Å². The van der Waals surface area contributed by atoms with Crippen LogP contribution in [0.15, 0.2) is 12.4 Å². The number of aliphatic hydroxyl groups excluding tert-OH is 1. The lowest BCUT2D eigenvalue weighted by Crippen LogP contribution is -2.22. The number of rotatable bonds is 9. The molecule has 0 amide bonds. The highest BCUT2D eigenvalue weighted by Gasteiger charge is 2.16. The van der Waals surface area contributed by atoms with Gasteiger partial charge in [-0.1, -0.05) is 33.0 Å². The molecular weight excluding hydrogens is 256 g/mol. The molecule has 0 saturated heterocycles. The minimum Gasteiger partial charge on any atom is -0.396 e. The lowest BCUT2D eigenvalue weighted by Gasteiger charge is -2.18. The van der Waals surface area contributed by atoms with E-state index in [2.05, 4.69) is 31.5 Å². The van der Waals surface area contributed by atoms with Gasteiger partial charge in [-0.3, -0.25) is 0 Å². The Balaban J connectivity index is 2.48. The summed E-state index contributed by atoms with van der Waals surface area (Å²) >= 11 is 0. The molecule has 1 aromatic heterocycles. The molecule has 0 aliphatic rings. The van der Waals surface area contributed by atoms with Crippen molar-refractivity contribution in [3.05, 3.63) is 18.2 Å². The van der Waals surface area contributed by atoms with E-state index in [1.807, 2.05) is 10.8 Å². The Morgan fingerprint density at radius 3 is 2.74 bits per heavy atom. The van der Waals surface area contributed by atoms with Crippen LogP contribution in [0.4, 0.5) is 0 Å². The van der Waals surface area contributed by atoms with E-state index in [1.54, 1.807) is 6.20 Å². The first-order chi connectivity index (χ1) is 8.98. The van der Waals surface area contributed by atoms with Crippen LogP contribution in [0.5, 0.6) is 0 Å². The van der Waals surface area contributed by atoms with E-state index >= 15 is 0 Å². The molecule has 0 fully saturated rings. The van der Waals surface area contributed by atoms with E-state index in [4.69, 9.17) is 4.74 Å². The normalized spacial score (nSPS) is 13.7. The van der Waals surface area contributed by atoms with Crippen molar-refractivity contribution in [3.8, 4) is 0 Å². The topological polar surface area (TPSA) is 47.3 Å². The van der Waals surface area contributed by atoms with Crippen LogP contribution < -0.4 is 0 Å². The summed E-state index contributed by atoms with van der Waals surface area (Å²) in [6.07, 6.45) is 5.73. The van der Waals surface area contributed by atoms with Gasteiger partial charge in [0.2, 0.25) is 0 Å². The number of imidazole rings is 1. The first-order valence-electron chi connectivity index (χ1n) is 7.17. The second-order valence-corrected chi connectivity index (χ2v) is 11.9. The lowest BCUT2D eigenvalue weighted by atomic mass is 10.0.